The van der Waals surface area contributed by atoms with Crippen molar-refractivity contribution in [3.8, 4) is 5.75 Å². The van der Waals surface area contributed by atoms with Crippen molar-refractivity contribution in [2.24, 2.45) is 20.7 Å². The topological polar surface area (TPSA) is 179 Å². The molecule has 40 heavy (non-hydrogen) atoms. The molecule has 3 aliphatic rings. The van der Waals surface area contributed by atoms with Gasteiger partial charge in [0.25, 0.3) is 0 Å². The zero-order chi connectivity index (χ0) is 29.2. The van der Waals surface area contributed by atoms with Gasteiger partial charge in [0.1, 0.15) is 29.7 Å². The first-order valence-electron chi connectivity index (χ1n) is 12.6. The van der Waals surface area contributed by atoms with Crippen LogP contribution in [0.25, 0.3) is 0 Å². The molecule has 7 atom stereocenters. The molecule has 0 saturated carbocycles. The van der Waals surface area contributed by atoms with E-state index in [1.54, 1.807) is 44.2 Å². The lowest BCUT2D eigenvalue weighted by Gasteiger charge is -2.34. The van der Waals surface area contributed by atoms with Gasteiger partial charge in [-0.25, -0.2) is 18.8 Å². The smallest absolute Gasteiger partial charge is 0.459 e. The third-order valence-electron chi connectivity index (χ3n) is 6.30. The highest BCUT2D eigenvalue weighted by Gasteiger charge is 2.59. The van der Waals surface area contributed by atoms with Crippen molar-refractivity contribution < 1.29 is 42.1 Å². The first-order chi connectivity index (χ1) is 18.8. The van der Waals surface area contributed by atoms with Crippen LogP contribution in [0.1, 0.15) is 27.7 Å². The van der Waals surface area contributed by atoms with Crippen molar-refractivity contribution in [2.75, 3.05) is 20.4 Å². The highest BCUT2D eigenvalue weighted by atomic mass is 31.2. The van der Waals surface area contributed by atoms with Crippen molar-refractivity contribution >= 4 is 31.3 Å². The maximum atomic E-state index is 16.0. The number of alkyl halides is 1. The first kappa shape index (κ1) is 30.0. The number of nitrogens with zero attached hydrogens (tertiary/aromatic N) is 4. The quantitative estimate of drug-likeness (QED) is 0.267. The van der Waals surface area contributed by atoms with Crippen LogP contribution in [-0.2, 0) is 28.1 Å². The van der Waals surface area contributed by atoms with Gasteiger partial charge in [-0.1, -0.05) is 18.2 Å². The number of nitrogens with two attached hydrogens (primary N) is 1. The van der Waals surface area contributed by atoms with Crippen LogP contribution in [0.5, 0.6) is 5.75 Å². The molecule has 0 spiro atoms. The molecule has 1 aromatic rings. The van der Waals surface area contributed by atoms with E-state index < -0.39 is 62.7 Å². The van der Waals surface area contributed by atoms with E-state index in [0.717, 1.165) is 0 Å². The molecule has 14 nitrogen and oxygen atoms in total. The predicted octanol–water partition coefficient (Wildman–Crippen LogP) is 1.35. The van der Waals surface area contributed by atoms with E-state index in [0.29, 0.717) is 5.71 Å². The summed E-state index contributed by atoms with van der Waals surface area (Å²) >= 11 is 0. The molecule has 1 aromatic carbocycles. The van der Waals surface area contributed by atoms with Crippen molar-refractivity contribution in [3.63, 3.8) is 0 Å². The fraction of sp³-hybridized carbons (Fsp3) is 0.583. The van der Waals surface area contributed by atoms with Crippen LogP contribution in [0.15, 0.2) is 45.3 Å². The number of para-hydroxylation sites is 1. The predicted molar refractivity (Wildman–Crippen MR) is 143 cm³/mol. The van der Waals surface area contributed by atoms with Gasteiger partial charge < -0.3 is 29.6 Å². The maximum absolute atomic E-state index is 16.0. The number of benzene rings is 1. The molecule has 0 aliphatic carbocycles. The maximum Gasteiger partial charge on any atom is 0.459 e. The normalized spacial score (nSPS) is 30.6. The first-order valence-corrected chi connectivity index (χ1v) is 14.1. The van der Waals surface area contributed by atoms with Gasteiger partial charge in [-0.3, -0.25) is 14.3 Å². The number of aliphatic imine (C=N–C) groups is 3. The Kier molecular flexibility index (Phi) is 8.93. The van der Waals surface area contributed by atoms with Gasteiger partial charge in [-0.2, -0.15) is 10.1 Å². The Bertz CT molecular complexity index is 1230. The molecule has 0 radical (unpaired) electrons. The van der Waals surface area contributed by atoms with Crippen LogP contribution in [0.4, 0.5) is 4.39 Å². The number of hydrogen-bond donors (Lipinski definition) is 3. The number of rotatable bonds is 10. The monoisotopic (exact) mass is 584 g/mol. The number of ether oxygens (including phenoxy) is 3. The fourth-order valence-corrected chi connectivity index (χ4v) is 5.88. The van der Waals surface area contributed by atoms with E-state index >= 15 is 4.39 Å². The highest BCUT2D eigenvalue weighted by Crippen LogP contribution is 2.47. The van der Waals surface area contributed by atoms with Gasteiger partial charge in [-0.05, 0) is 39.8 Å². The highest BCUT2D eigenvalue weighted by molar-refractivity contribution is 7.52. The molecule has 3 heterocycles. The summed E-state index contributed by atoms with van der Waals surface area (Å²) in [7, 11) is -2.88. The number of fused-ring (bicyclic) bond motifs is 1. The number of methoxy groups -OCH3 is 1. The molecule has 3 aliphatic heterocycles. The average Bonchev–Trinajstić information content (AvgIpc) is 3.40. The van der Waals surface area contributed by atoms with E-state index in [1.807, 2.05) is 0 Å². The summed E-state index contributed by atoms with van der Waals surface area (Å²) < 4.78 is 57.2. The number of aliphatic hydroxyl groups is 1. The van der Waals surface area contributed by atoms with Crippen LogP contribution in [0, 0.1) is 0 Å². The summed E-state index contributed by atoms with van der Waals surface area (Å²) in [6, 6.07) is 7.06. The summed E-state index contributed by atoms with van der Waals surface area (Å²) in [5.41, 5.74) is 3.82. The molecule has 4 rings (SSSR count). The minimum Gasteiger partial charge on any atom is -0.480 e. The molecular formula is C24H34FN6O8P. The number of aliphatic hydroxyl groups excluding tert-OH is 1. The third kappa shape index (κ3) is 6.35. The lowest BCUT2D eigenvalue weighted by molar-refractivity contribution is -0.149. The van der Waals surface area contributed by atoms with Crippen LogP contribution >= 0.6 is 7.75 Å². The summed E-state index contributed by atoms with van der Waals surface area (Å²) in [6.07, 6.45) is -5.57. The number of hydrogen-bond acceptors (Lipinski definition) is 13. The van der Waals surface area contributed by atoms with Gasteiger partial charge in [0.15, 0.2) is 18.1 Å². The SMILES string of the molecule is COC1=NC(N)=NC2C1=NCN2[C@@H]1O[C@H](CO[P@@](=O)(N[C@@H](C)C(=O)OC(C)C)Oc2ccccc2)[C@H](O)[C@@]1(C)F. The Morgan fingerprint density at radius 3 is 2.70 bits per heavy atom. The molecule has 0 aromatic heterocycles. The number of nitrogens with one attached hydrogen (secondary N) is 1. The second-order valence-corrected chi connectivity index (χ2v) is 11.5. The second kappa shape index (κ2) is 11.9. The van der Waals surface area contributed by atoms with Crippen molar-refractivity contribution in [1.29, 1.82) is 0 Å². The number of carbonyl (C=O) groups is 1. The van der Waals surface area contributed by atoms with Crippen LogP contribution in [0.2, 0.25) is 0 Å². The minimum absolute atomic E-state index is 0.0315. The minimum atomic E-state index is -4.28. The number of carbonyl (C=O) groups excluding carboxylic acids is 1. The molecule has 4 N–H and O–H groups in total. The van der Waals surface area contributed by atoms with Crippen molar-refractivity contribution in [3.05, 3.63) is 30.3 Å². The van der Waals surface area contributed by atoms with E-state index in [-0.39, 0.29) is 24.3 Å². The fourth-order valence-electron chi connectivity index (χ4n) is 4.38. The van der Waals surface area contributed by atoms with Gasteiger partial charge in [0, 0.05) is 0 Å². The molecule has 220 valence electrons. The van der Waals surface area contributed by atoms with Gasteiger partial charge in [0.05, 0.1) is 26.5 Å². The standard InChI is InChI=1S/C24H34FN6O8P/c1-13(2)37-21(33)14(3)30-40(34,39-15-9-7-6-8-10-15)36-11-16-18(32)24(4,25)22(38-16)31-12-27-17-19(31)28-23(26)29-20(17)35-5/h6-10,13-14,16,18-19,22,32H,11-12H2,1-5H3,(H2,26,28)(H,30,34)/t14-,16+,18-,19?,22+,24+,40-/m0/s1. The molecule has 1 unspecified atom stereocenters. The largest absolute Gasteiger partial charge is 0.480 e. The van der Waals surface area contributed by atoms with Crippen molar-refractivity contribution in [2.45, 2.75) is 70.1 Å². The van der Waals surface area contributed by atoms with Gasteiger partial charge >= 0.3 is 13.7 Å². The zero-order valence-corrected chi connectivity index (χ0v) is 23.7. The number of esters is 1. The van der Waals surface area contributed by atoms with Crippen LogP contribution in [-0.4, -0.2) is 96.3 Å². The summed E-state index contributed by atoms with van der Waals surface area (Å²) in [5, 5.41) is 13.4. The van der Waals surface area contributed by atoms with E-state index in [4.69, 9.17) is 29.0 Å². The van der Waals surface area contributed by atoms with E-state index in [2.05, 4.69) is 20.1 Å². The van der Waals surface area contributed by atoms with E-state index in [9.17, 15) is 14.5 Å². The summed E-state index contributed by atoms with van der Waals surface area (Å²) in [6.45, 7) is 5.37. The van der Waals surface area contributed by atoms with E-state index in [1.165, 1.54) is 25.9 Å². The molecule has 1 fully saturated rings. The number of halogens is 1. The number of guanidine groups is 1. The lowest BCUT2D eigenvalue weighted by atomic mass is 9.98. The average molecular weight is 585 g/mol. The Labute approximate surface area is 231 Å². The molecular weight excluding hydrogens is 550 g/mol. The van der Waals surface area contributed by atoms with Crippen LogP contribution < -0.4 is 15.3 Å². The third-order valence-corrected chi connectivity index (χ3v) is 7.94. The molecule has 0 bridgehead atoms. The Balaban J connectivity index is 1.49. The van der Waals surface area contributed by atoms with Gasteiger partial charge in [-0.15, -0.1) is 0 Å². The van der Waals surface area contributed by atoms with Crippen molar-refractivity contribution in [1.82, 2.24) is 9.99 Å². The molecule has 16 heteroatoms. The lowest BCUT2D eigenvalue weighted by Crippen LogP contribution is -2.54. The molecule has 0 amide bonds. The second-order valence-electron chi connectivity index (χ2n) is 9.84. The Morgan fingerprint density at radius 1 is 1.35 bits per heavy atom. The van der Waals surface area contributed by atoms with Gasteiger partial charge in [0.2, 0.25) is 11.9 Å². The Morgan fingerprint density at radius 2 is 2.05 bits per heavy atom. The summed E-state index contributed by atoms with van der Waals surface area (Å²) in [5.74, 6) is -0.426. The summed E-state index contributed by atoms with van der Waals surface area (Å²) in [4.78, 5) is 26.4. The zero-order valence-electron chi connectivity index (χ0n) is 22.8. The Hall–Kier alpha value is -2.94. The molecule has 1 saturated heterocycles. The van der Waals surface area contributed by atoms with Crippen LogP contribution in [0.3, 0.4) is 0 Å².